The summed E-state index contributed by atoms with van der Waals surface area (Å²) in [4.78, 5) is 35.9. The van der Waals surface area contributed by atoms with Gasteiger partial charge in [0.25, 0.3) is 0 Å². The van der Waals surface area contributed by atoms with Crippen LogP contribution in [-0.2, 0) is 4.79 Å². The minimum atomic E-state index is -0.793. The van der Waals surface area contributed by atoms with Crippen molar-refractivity contribution in [2.24, 2.45) is 0 Å². The second-order valence-electron chi connectivity index (χ2n) is 4.06. The van der Waals surface area contributed by atoms with E-state index >= 15 is 0 Å². The van der Waals surface area contributed by atoms with Gasteiger partial charge in [0.1, 0.15) is 0 Å². The van der Waals surface area contributed by atoms with Crippen LogP contribution in [0, 0.1) is 11.8 Å². The van der Waals surface area contributed by atoms with Gasteiger partial charge >= 0.3 is 11.4 Å². The van der Waals surface area contributed by atoms with Crippen molar-refractivity contribution < 1.29 is 9.21 Å². The monoisotopic (exact) mass is 272 g/mol. The van der Waals surface area contributed by atoms with Gasteiger partial charge in [-0.05, 0) is 12.1 Å². The predicted molar refractivity (Wildman–Crippen MR) is 73.3 cm³/mol. The van der Waals surface area contributed by atoms with Crippen molar-refractivity contribution in [3.8, 4) is 11.8 Å². The first-order valence-corrected chi connectivity index (χ1v) is 5.97. The van der Waals surface area contributed by atoms with Crippen molar-refractivity contribution in [1.82, 2.24) is 10.3 Å². The van der Waals surface area contributed by atoms with Gasteiger partial charge in [0.15, 0.2) is 0 Å². The highest BCUT2D eigenvalue weighted by atomic mass is 16.4. The second kappa shape index (κ2) is 5.89. The lowest BCUT2D eigenvalue weighted by molar-refractivity contribution is -0.118. The van der Waals surface area contributed by atoms with E-state index in [0.29, 0.717) is 24.0 Å². The first-order valence-electron chi connectivity index (χ1n) is 5.97. The van der Waals surface area contributed by atoms with E-state index in [2.05, 4.69) is 26.6 Å². The molecule has 0 atom stereocenters. The first-order chi connectivity index (χ1) is 9.58. The second-order valence-corrected chi connectivity index (χ2v) is 4.06. The highest BCUT2D eigenvalue weighted by molar-refractivity contribution is 5.83. The number of fused-ring (bicyclic) bond motifs is 1. The maximum absolute atomic E-state index is 11.7. The molecule has 0 radical (unpaired) electrons. The Hall–Kier alpha value is -2.81. The predicted octanol–water partition coefficient (Wildman–Crippen LogP) is 0.359. The van der Waals surface area contributed by atoms with E-state index < -0.39 is 11.4 Å². The molecule has 6 heteroatoms. The fourth-order valence-corrected chi connectivity index (χ4v) is 1.71. The highest BCUT2D eigenvalue weighted by Gasteiger charge is 2.06. The molecule has 2 aromatic rings. The van der Waals surface area contributed by atoms with E-state index in [-0.39, 0.29) is 11.3 Å². The van der Waals surface area contributed by atoms with E-state index in [1.807, 2.05) is 0 Å². The van der Waals surface area contributed by atoms with E-state index in [1.165, 1.54) is 6.92 Å². The zero-order chi connectivity index (χ0) is 14.5. The van der Waals surface area contributed by atoms with Crippen LogP contribution in [-0.4, -0.2) is 17.4 Å². The summed E-state index contributed by atoms with van der Waals surface area (Å²) < 4.78 is 4.50. The minimum Gasteiger partial charge on any atom is -0.372 e. The summed E-state index contributed by atoms with van der Waals surface area (Å²) >= 11 is 0. The molecule has 0 bridgehead atoms. The molecule has 0 spiro atoms. The molecule has 0 aliphatic heterocycles. The van der Waals surface area contributed by atoms with E-state index in [9.17, 15) is 14.4 Å². The Kier molecular flexibility index (Phi) is 4.01. The number of H-pyrrole nitrogens is 1. The van der Waals surface area contributed by atoms with Crippen molar-refractivity contribution >= 4 is 16.8 Å². The maximum atomic E-state index is 11.7. The zero-order valence-corrected chi connectivity index (χ0v) is 10.8. The lowest BCUT2D eigenvalue weighted by Crippen LogP contribution is -2.20. The van der Waals surface area contributed by atoms with Gasteiger partial charge in [-0.1, -0.05) is 17.9 Å². The third-order valence-corrected chi connectivity index (χ3v) is 2.54. The van der Waals surface area contributed by atoms with Crippen molar-refractivity contribution in [1.29, 1.82) is 0 Å². The van der Waals surface area contributed by atoms with Crippen LogP contribution >= 0.6 is 0 Å². The number of hydrogen-bond acceptors (Lipinski definition) is 4. The lowest BCUT2D eigenvalue weighted by atomic mass is 10.1. The van der Waals surface area contributed by atoms with Crippen LogP contribution in [0.3, 0.4) is 0 Å². The SMILES string of the molecule is CC(=O)NCCC#Cc1cccc2[nH]c(=O)oc(=O)c12. The number of aromatic nitrogens is 1. The van der Waals surface area contributed by atoms with E-state index in [4.69, 9.17) is 0 Å². The van der Waals surface area contributed by atoms with Crippen LogP contribution < -0.4 is 16.7 Å². The van der Waals surface area contributed by atoms with Crippen LogP contribution in [0.5, 0.6) is 0 Å². The molecule has 20 heavy (non-hydrogen) atoms. The molecule has 0 aliphatic carbocycles. The van der Waals surface area contributed by atoms with Gasteiger partial charge in [-0.25, -0.2) is 9.59 Å². The molecule has 1 amide bonds. The van der Waals surface area contributed by atoms with Crippen LogP contribution in [0.15, 0.2) is 32.2 Å². The van der Waals surface area contributed by atoms with Gasteiger partial charge in [-0.2, -0.15) is 0 Å². The smallest absolute Gasteiger partial charge is 0.372 e. The van der Waals surface area contributed by atoms with Crippen LogP contribution in [0.4, 0.5) is 0 Å². The minimum absolute atomic E-state index is 0.116. The van der Waals surface area contributed by atoms with Gasteiger partial charge < -0.3 is 9.73 Å². The van der Waals surface area contributed by atoms with Crippen molar-refractivity contribution in [2.45, 2.75) is 13.3 Å². The van der Waals surface area contributed by atoms with E-state index in [0.717, 1.165) is 0 Å². The Morgan fingerprint density at radius 2 is 2.20 bits per heavy atom. The summed E-state index contributed by atoms with van der Waals surface area (Å²) in [6.07, 6.45) is 0.463. The molecule has 2 N–H and O–H groups in total. The number of aromatic amines is 1. The molecule has 0 aliphatic rings. The van der Waals surface area contributed by atoms with E-state index in [1.54, 1.807) is 18.2 Å². The molecular weight excluding hydrogens is 260 g/mol. The summed E-state index contributed by atoms with van der Waals surface area (Å²) in [5.74, 6) is 4.78. The number of hydrogen-bond donors (Lipinski definition) is 2. The third-order valence-electron chi connectivity index (χ3n) is 2.54. The summed E-state index contributed by atoms with van der Waals surface area (Å²) in [5.41, 5.74) is 0.158. The molecule has 102 valence electrons. The number of rotatable bonds is 2. The Labute approximate surface area is 113 Å². The molecular formula is C14H12N2O4. The lowest BCUT2D eigenvalue weighted by Gasteiger charge is -1.98. The molecule has 1 aromatic carbocycles. The Balaban J connectivity index is 2.32. The quantitative estimate of drug-likeness (QED) is 0.610. The number of nitrogens with one attached hydrogen (secondary N) is 2. The van der Waals surface area contributed by atoms with Crippen LogP contribution in [0.25, 0.3) is 10.9 Å². The standard InChI is InChI=1S/C14H12N2O4/c1-9(17)15-8-3-2-5-10-6-4-7-11-12(10)13(18)20-14(19)16-11/h4,6-7H,3,8H2,1H3,(H,15,17)(H,16,19). The fourth-order valence-electron chi connectivity index (χ4n) is 1.71. The van der Waals surface area contributed by atoms with Crippen molar-refractivity contribution in [3.05, 3.63) is 44.7 Å². The van der Waals surface area contributed by atoms with Gasteiger partial charge in [-0.15, -0.1) is 0 Å². The van der Waals surface area contributed by atoms with Crippen molar-refractivity contribution in [2.75, 3.05) is 6.54 Å². The molecule has 1 aromatic heterocycles. The Bertz CT molecular complexity index is 821. The number of carbonyl (C=O) groups excluding carboxylic acids is 1. The van der Waals surface area contributed by atoms with Gasteiger partial charge in [0.05, 0.1) is 10.9 Å². The number of carbonyl (C=O) groups is 1. The van der Waals surface area contributed by atoms with Crippen LogP contribution in [0.1, 0.15) is 18.9 Å². The molecule has 0 fully saturated rings. The molecule has 2 rings (SSSR count). The average molecular weight is 272 g/mol. The summed E-state index contributed by atoms with van der Waals surface area (Å²) in [5, 5.41) is 2.87. The third kappa shape index (κ3) is 3.14. The number of benzene rings is 1. The molecule has 6 nitrogen and oxygen atoms in total. The van der Waals surface area contributed by atoms with Gasteiger partial charge in [0, 0.05) is 25.5 Å². The molecule has 0 saturated carbocycles. The van der Waals surface area contributed by atoms with Gasteiger partial charge in [-0.3, -0.25) is 9.78 Å². The zero-order valence-electron chi connectivity index (χ0n) is 10.8. The molecule has 1 heterocycles. The normalized spacial score (nSPS) is 9.85. The van der Waals surface area contributed by atoms with Crippen LogP contribution in [0.2, 0.25) is 0 Å². The fraction of sp³-hybridized carbons (Fsp3) is 0.214. The van der Waals surface area contributed by atoms with Gasteiger partial charge in [0.2, 0.25) is 5.91 Å². The Morgan fingerprint density at radius 3 is 2.95 bits per heavy atom. The average Bonchev–Trinajstić information content (AvgIpc) is 2.37. The highest BCUT2D eigenvalue weighted by Crippen LogP contribution is 2.10. The first kappa shape index (κ1) is 13.6. The largest absolute Gasteiger partial charge is 0.419 e. The maximum Gasteiger partial charge on any atom is 0.419 e. The summed E-state index contributed by atoms with van der Waals surface area (Å²) in [6.45, 7) is 1.87. The van der Waals surface area contributed by atoms with Crippen molar-refractivity contribution in [3.63, 3.8) is 0 Å². The Morgan fingerprint density at radius 1 is 1.40 bits per heavy atom. The topological polar surface area (TPSA) is 92.2 Å². The summed E-state index contributed by atoms with van der Waals surface area (Å²) in [6, 6.07) is 4.97. The molecule has 0 unspecified atom stereocenters. The number of amides is 1. The summed E-state index contributed by atoms with van der Waals surface area (Å²) in [7, 11) is 0. The molecule has 0 saturated heterocycles.